The first-order chi connectivity index (χ1) is 16.0. The molecule has 1 amide bonds. The molecule has 0 atom stereocenters. The fourth-order valence-electron chi connectivity index (χ4n) is 4.06. The van der Waals surface area contributed by atoms with Crippen LogP contribution in [-0.4, -0.2) is 43.7 Å². The van der Waals surface area contributed by atoms with Gasteiger partial charge in [-0.3, -0.25) is 4.79 Å². The van der Waals surface area contributed by atoms with Crippen LogP contribution in [0.1, 0.15) is 40.1 Å². The van der Waals surface area contributed by atoms with Crippen molar-refractivity contribution >= 4 is 27.3 Å². The van der Waals surface area contributed by atoms with Crippen LogP contribution in [0.15, 0.2) is 70.9 Å². The lowest BCUT2D eigenvalue weighted by Crippen LogP contribution is -2.36. The number of para-hydroxylation sites is 1. The van der Waals surface area contributed by atoms with Gasteiger partial charge in [-0.25, -0.2) is 8.42 Å². The van der Waals surface area contributed by atoms with Crippen molar-refractivity contribution in [2.45, 2.75) is 37.2 Å². The summed E-state index contributed by atoms with van der Waals surface area (Å²) in [6.45, 7) is 1.83. The number of carbonyl (C=O) groups is 1. The average Bonchev–Trinajstić information content (AvgIpc) is 3.37. The molecule has 0 unspecified atom stereocenters. The zero-order valence-electron chi connectivity index (χ0n) is 18.6. The highest BCUT2D eigenvalue weighted by molar-refractivity contribution is 7.89. The van der Waals surface area contributed by atoms with Gasteiger partial charge >= 0.3 is 0 Å². The lowest BCUT2D eigenvalue weighted by atomic mass is 10.1. The fourth-order valence-corrected chi connectivity index (χ4v) is 6.34. The molecule has 174 valence electrons. The van der Waals surface area contributed by atoms with Gasteiger partial charge in [-0.2, -0.15) is 4.31 Å². The number of hydrogen-bond acceptors (Lipinski definition) is 5. The van der Waals surface area contributed by atoms with E-state index in [0.717, 1.165) is 29.7 Å². The van der Waals surface area contributed by atoms with E-state index in [2.05, 4.69) is 0 Å². The van der Waals surface area contributed by atoms with E-state index >= 15 is 0 Å². The normalized spacial score (nSPS) is 14.7. The van der Waals surface area contributed by atoms with Gasteiger partial charge in [0.2, 0.25) is 10.0 Å². The van der Waals surface area contributed by atoms with Crippen molar-refractivity contribution in [2.75, 3.05) is 20.2 Å². The highest BCUT2D eigenvalue weighted by Crippen LogP contribution is 2.25. The summed E-state index contributed by atoms with van der Waals surface area (Å²) >= 11 is 1.58. The second-order valence-corrected chi connectivity index (χ2v) is 11.0. The highest BCUT2D eigenvalue weighted by Gasteiger charge is 2.27. The maximum Gasteiger partial charge on any atom is 0.254 e. The number of rotatable bonds is 8. The van der Waals surface area contributed by atoms with E-state index in [4.69, 9.17) is 4.74 Å². The molecule has 0 radical (unpaired) electrons. The lowest BCUT2D eigenvalue weighted by Gasteiger charge is -2.26. The minimum Gasteiger partial charge on any atom is -0.496 e. The summed E-state index contributed by atoms with van der Waals surface area (Å²) in [7, 11) is -2.01. The second-order valence-electron chi connectivity index (χ2n) is 8.05. The summed E-state index contributed by atoms with van der Waals surface area (Å²) in [4.78, 5) is 16.6. The van der Waals surface area contributed by atoms with Gasteiger partial charge in [-0.15, -0.1) is 11.3 Å². The number of carbonyl (C=O) groups excluding carboxylic acids is 1. The molecule has 0 saturated carbocycles. The number of sulfonamides is 1. The van der Waals surface area contributed by atoms with E-state index in [9.17, 15) is 13.2 Å². The number of benzene rings is 2. The van der Waals surface area contributed by atoms with Gasteiger partial charge in [0.25, 0.3) is 5.91 Å². The maximum absolute atomic E-state index is 13.6. The van der Waals surface area contributed by atoms with E-state index in [1.54, 1.807) is 41.5 Å². The Bertz CT molecular complexity index is 1190. The molecular formula is C25H28N2O4S2. The fraction of sp³-hybridized carbons (Fsp3) is 0.320. The van der Waals surface area contributed by atoms with Crippen LogP contribution in [0, 0.1) is 0 Å². The third-order valence-electron chi connectivity index (χ3n) is 5.80. The molecule has 1 fully saturated rings. The first kappa shape index (κ1) is 23.5. The van der Waals surface area contributed by atoms with Gasteiger partial charge in [0.1, 0.15) is 5.75 Å². The molecule has 0 bridgehead atoms. The number of ether oxygens (including phenoxy) is 1. The molecule has 2 heterocycles. The van der Waals surface area contributed by atoms with Crippen LogP contribution in [0.3, 0.4) is 0 Å². The van der Waals surface area contributed by atoms with Crippen molar-refractivity contribution in [1.29, 1.82) is 0 Å². The van der Waals surface area contributed by atoms with Gasteiger partial charge in [-0.05, 0) is 48.6 Å². The van der Waals surface area contributed by atoms with Gasteiger partial charge in [0, 0.05) is 29.1 Å². The van der Waals surface area contributed by atoms with Crippen molar-refractivity contribution < 1.29 is 17.9 Å². The Kier molecular flexibility index (Phi) is 7.47. The van der Waals surface area contributed by atoms with Crippen LogP contribution < -0.4 is 4.74 Å². The van der Waals surface area contributed by atoms with Crippen LogP contribution in [0.25, 0.3) is 0 Å². The third kappa shape index (κ3) is 5.46. The van der Waals surface area contributed by atoms with Crippen molar-refractivity contribution in [3.8, 4) is 5.75 Å². The largest absolute Gasteiger partial charge is 0.496 e. The summed E-state index contributed by atoms with van der Waals surface area (Å²) in [6.07, 6.45) is 2.78. The predicted molar refractivity (Wildman–Crippen MR) is 130 cm³/mol. The molecule has 0 spiro atoms. The van der Waals surface area contributed by atoms with Crippen LogP contribution >= 0.6 is 11.3 Å². The zero-order valence-corrected chi connectivity index (χ0v) is 20.3. The lowest BCUT2D eigenvalue weighted by molar-refractivity contribution is 0.0730. The molecule has 8 heteroatoms. The van der Waals surface area contributed by atoms with Crippen molar-refractivity contribution in [3.05, 3.63) is 82.0 Å². The highest BCUT2D eigenvalue weighted by atomic mass is 32.2. The minimum atomic E-state index is -3.62. The first-order valence-corrected chi connectivity index (χ1v) is 13.3. The molecule has 1 aliphatic rings. The van der Waals surface area contributed by atoms with Crippen molar-refractivity contribution in [3.63, 3.8) is 0 Å². The van der Waals surface area contributed by atoms with E-state index in [0.29, 0.717) is 37.5 Å². The summed E-state index contributed by atoms with van der Waals surface area (Å²) in [6, 6.07) is 18.0. The molecular weight excluding hydrogens is 456 g/mol. The van der Waals surface area contributed by atoms with Gasteiger partial charge < -0.3 is 9.64 Å². The number of hydrogen-bond donors (Lipinski definition) is 0. The maximum atomic E-state index is 13.6. The van der Waals surface area contributed by atoms with Gasteiger partial charge in [-0.1, -0.05) is 36.8 Å². The van der Waals surface area contributed by atoms with E-state index in [1.807, 2.05) is 41.8 Å². The Morgan fingerprint density at radius 3 is 2.52 bits per heavy atom. The Morgan fingerprint density at radius 2 is 1.79 bits per heavy atom. The molecule has 33 heavy (non-hydrogen) atoms. The molecule has 0 N–H and O–H groups in total. The Labute approximate surface area is 199 Å². The van der Waals surface area contributed by atoms with Crippen LogP contribution in [0.4, 0.5) is 0 Å². The summed E-state index contributed by atoms with van der Waals surface area (Å²) in [5.41, 5.74) is 1.25. The molecule has 1 saturated heterocycles. The number of amides is 1. The minimum absolute atomic E-state index is 0.170. The average molecular weight is 485 g/mol. The summed E-state index contributed by atoms with van der Waals surface area (Å²) in [5, 5.41) is 1.98. The Hall–Kier alpha value is -2.68. The van der Waals surface area contributed by atoms with E-state index in [-0.39, 0.29) is 10.8 Å². The van der Waals surface area contributed by atoms with E-state index < -0.39 is 10.0 Å². The topological polar surface area (TPSA) is 66.9 Å². The first-order valence-electron chi connectivity index (χ1n) is 11.0. The number of piperidine rings is 1. The van der Waals surface area contributed by atoms with Crippen LogP contribution in [-0.2, 0) is 23.1 Å². The standard InChI is InChI=1S/C25H28N2O4S2/c1-31-24-13-4-3-9-21(24)18-26(19-22-11-8-16-32-22)25(28)20-10-7-12-23(17-20)33(29,30)27-14-5-2-6-15-27/h3-4,7-13,16-17H,2,5-6,14-15,18-19H2,1H3. The van der Waals surface area contributed by atoms with Gasteiger partial charge in [0.05, 0.1) is 25.1 Å². The number of thiophene rings is 1. The SMILES string of the molecule is COc1ccccc1CN(Cc1cccs1)C(=O)c1cccc(S(=O)(=O)N2CCCCC2)c1. The second kappa shape index (κ2) is 10.5. The van der Waals surface area contributed by atoms with Crippen LogP contribution in [0.5, 0.6) is 5.75 Å². The zero-order chi connectivity index (χ0) is 23.3. The molecule has 1 aromatic heterocycles. The quantitative estimate of drug-likeness (QED) is 0.462. The van der Waals surface area contributed by atoms with Crippen molar-refractivity contribution in [2.24, 2.45) is 0 Å². The Balaban J connectivity index is 1.64. The molecule has 1 aliphatic heterocycles. The summed E-state index contributed by atoms with van der Waals surface area (Å²) < 4.78 is 33.3. The number of nitrogens with zero attached hydrogens (tertiary/aromatic N) is 2. The molecule has 3 aromatic rings. The van der Waals surface area contributed by atoms with Crippen molar-refractivity contribution in [1.82, 2.24) is 9.21 Å². The smallest absolute Gasteiger partial charge is 0.254 e. The summed E-state index contributed by atoms with van der Waals surface area (Å²) in [5.74, 6) is 0.493. The monoisotopic (exact) mass is 484 g/mol. The predicted octanol–water partition coefficient (Wildman–Crippen LogP) is 4.77. The van der Waals surface area contributed by atoms with Gasteiger partial charge in [0.15, 0.2) is 0 Å². The Morgan fingerprint density at radius 1 is 1.00 bits per heavy atom. The third-order valence-corrected chi connectivity index (χ3v) is 8.56. The molecule has 0 aliphatic carbocycles. The molecule has 6 nitrogen and oxygen atoms in total. The van der Waals surface area contributed by atoms with Crippen LogP contribution in [0.2, 0.25) is 0 Å². The number of methoxy groups -OCH3 is 1. The molecule has 4 rings (SSSR count). The molecule has 2 aromatic carbocycles. The van der Waals surface area contributed by atoms with E-state index in [1.165, 1.54) is 10.4 Å².